The van der Waals surface area contributed by atoms with E-state index in [1.54, 1.807) is 6.20 Å². The van der Waals surface area contributed by atoms with Gasteiger partial charge in [0.25, 0.3) is 0 Å². The first-order valence-electron chi connectivity index (χ1n) is 8.98. The van der Waals surface area contributed by atoms with E-state index in [2.05, 4.69) is 21.2 Å². The number of fused-ring (bicyclic) bond motifs is 1. The molecule has 2 atom stereocenters. The molecule has 3 heterocycles. The van der Waals surface area contributed by atoms with Gasteiger partial charge >= 0.3 is 0 Å². The monoisotopic (exact) mass is 370 g/mol. The summed E-state index contributed by atoms with van der Waals surface area (Å²) in [7, 11) is 0. The molecule has 0 bridgehead atoms. The first-order chi connectivity index (χ1) is 13.3. The second-order valence-electron chi connectivity index (χ2n) is 6.50. The third-order valence-electron chi connectivity index (χ3n) is 4.53. The fraction of sp³-hybridized carbons (Fsp3) is 0.368. The Morgan fingerprint density at radius 2 is 2.19 bits per heavy atom. The molecule has 1 amide bonds. The molecule has 8 nitrogen and oxygen atoms in total. The minimum atomic E-state index is -0.274. The van der Waals surface area contributed by atoms with Crippen molar-refractivity contribution in [2.75, 3.05) is 19.9 Å². The zero-order chi connectivity index (χ0) is 18.5. The molecule has 0 aliphatic carbocycles. The summed E-state index contributed by atoms with van der Waals surface area (Å²) in [5.74, 6) is 2.12. The van der Waals surface area contributed by atoms with Crippen LogP contribution in [0.1, 0.15) is 12.0 Å². The van der Waals surface area contributed by atoms with Gasteiger partial charge in [-0.25, -0.2) is 5.43 Å². The maximum absolute atomic E-state index is 12.3. The van der Waals surface area contributed by atoms with Crippen molar-refractivity contribution < 1.29 is 19.0 Å². The SMILES string of the molecule is O=C(NCCc1cccnc1)C1CC(COc2ccc3c(c2)OCO3)NN1. The molecular weight excluding hydrogens is 348 g/mol. The number of hydrogen-bond donors (Lipinski definition) is 3. The lowest BCUT2D eigenvalue weighted by molar-refractivity contribution is -0.122. The average Bonchev–Trinajstić information content (AvgIpc) is 3.36. The van der Waals surface area contributed by atoms with Crippen molar-refractivity contribution in [3.8, 4) is 17.2 Å². The predicted molar refractivity (Wildman–Crippen MR) is 97.5 cm³/mol. The molecule has 2 unspecified atom stereocenters. The van der Waals surface area contributed by atoms with Crippen molar-refractivity contribution in [3.05, 3.63) is 48.3 Å². The van der Waals surface area contributed by atoms with E-state index in [9.17, 15) is 4.79 Å². The Kier molecular flexibility index (Phi) is 5.36. The number of carbonyl (C=O) groups excluding carboxylic acids is 1. The number of pyridine rings is 1. The van der Waals surface area contributed by atoms with E-state index in [1.807, 2.05) is 36.5 Å². The van der Waals surface area contributed by atoms with Gasteiger partial charge in [-0.3, -0.25) is 15.2 Å². The molecular formula is C19H22N4O4. The molecule has 0 spiro atoms. The van der Waals surface area contributed by atoms with Gasteiger partial charge in [0.05, 0.1) is 6.04 Å². The second-order valence-corrected chi connectivity index (χ2v) is 6.50. The van der Waals surface area contributed by atoms with Gasteiger partial charge in [-0.1, -0.05) is 6.07 Å². The van der Waals surface area contributed by atoms with Crippen molar-refractivity contribution in [1.82, 2.24) is 21.2 Å². The van der Waals surface area contributed by atoms with Crippen LogP contribution in [-0.2, 0) is 11.2 Å². The Balaban J connectivity index is 1.18. The van der Waals surface area contributed by atoms with E-state index in [0.717, 1.165) is 17.7 Å². The van der Waals surface area contributed by atoms with E-state index < -0.39 is 0 Å². The van der Waals surface area contributed by atoms with Gasteiger partial charge in [-0.05, 0) is 36.6 Å². The highest BCUT2D eigenvalue weighted by molar-refractivity contribution is 5.82. The molecule has 2 aromatic rings. The smallest absolute Gasteiger partial charge is 0.238 e. The fourth-order valence-corrected chi connectivity index (χ4v) is 3.07. The minimum absolute atomic E-state index is 0.0167. The van der Waals surface area contributed by atoms with Crippen LogP contribution in [0.4, 0.5) is 0 Å². The highest BCUT2D eigenvalue weighted by atomic mass is 16.7. The van der Waals surface area contributed by atoms with E-state index >= 15 is 0 Å². The molecule has 1 saturated heterocycles. The molecule has 1 aromatic heterocycles. The van der Waals surface area contributed by atoms with Gasteiger partial charge < -0.3 is 19.5 Å². The van der Waals surface area contributed by atoms with Crippen LogP contribution in [0.25, 0.3) is 0 Å². The Morgan fingerprint density at radius 1 is 1.26 bits per heavy atom. The molecule has 27 heavy (non-hydrogen) atoms. The largest absolute Gasteiger partial charge is 0.492 e. The van der Waals surface area contributed by atoms with Crippen LogP contribution < -0.4 is 30.4 Å². The number of amides is 1. The first kappa shape index (κ1) is 17.6. The normalized spacial score (nSPS) is 20.4. The molecule has 4 rings (SSSR count). The number of hydrazine groups is 1. The maximum atomic E-state index is 12.3. The lowest BCUT2D eigenvalue weighted by atomic mass is 10.1. The summed E-state index contributed by atoms with van der Waals surface area (Å²) in [6.07, 6.45) is 4.96. The van der Waals surface area contributed by atoms with Crippen molar-refractivity contribution in [2.24, 2.45) is 0 Å². The maximum Gasteiger partial charge on any atom is 0.238 e. The highest BCUT2D eigenvalue weighted by Crippen LogP contribution is 2.35. The lowest BCUT2D eigenvalue weighted by Gasteiger charge is -2.12. The predicted octanol–water partition coefficient (Wildman–Crippen LogP) is 0.783. The van der Waals surface area contributed by atoms with Gasteiger partial charge in [-0.15, -0.1) is 0 Å². The van der Waals surface area contributed by atoms with E-state index in [4.69, 9.17) is 14.2 Å². The summed E-state index contributed by atoms with van der Waals surface area (Å²) < 4.78 is 16.4. The number of nitrogens with one attached hydrogen (secondary N) is 3. The van der Waals surface area contributed by atoms with Gasteiger partial charge in [0.15, 0.2) is 11.5 Å². The number of benzene rings is 1. The third-order valence-corrected chi connectivity index (χ3v) is 4.53. The van der Waals surface area contributed by atoms with Crippen LogP contribution in [0, 0.1) is 0 Å². The summed E-state index contributed by atoms with van der Waals surface area (Å²) in [5.41, 5.74) is 7.25. The molecule has 1 fully saturated rings. The van der Waals surface area contributed by atoms with Crippen LogP contribution in [0.5, 0.6) is 17.2 Å². The van der Waals surface area contributed by atoms with Crippen molar-refractivity contribution in [2.45, 2.75) is 24.9 Å². The van der Waals surface area contributed by atoms with Crippen LogP contribution in [0.3, 0.4) is 0 Å². The summed E-state index contributed by atoms with van der Waals surface area (Å²) in [6.45, 7) is 1.28. The third kappa shape index (κ3) is 4.47. The molecule has 3 N–H and O–H groups in total. The van der Waals surface area contributed by atoms with Crippen molar-refractivity contribution >= 4 is 5.91 Å². The van der Waals surface area contributed by atoms with Crippen LogP contribution >= 0.6 is 0 Å². The number of aromatic nitrogens is 1. The molecule has 1 aromatic carbocycles. The van der Waals surface area contributed by atoms with E-state index in [0.29, 0.717) is 31.1 Å². The Hall–Kier alpha value is -2.84. The quantitative estimate of drug-likeness (QED) is 0.663. The van der Waals surface area contributed by atoms with Crippen LogP contribution in [-0.4, -0.2) is 42.9 Å². The highest BCUT2D eigenvalue weighted by Gasteiger charge is 2.29. The topological polar surface area (TPSA) is 93.7 Å². The van der Waals surface area contributed by atoms with Crippen LogP contribution in [0.2, 0.25) is 0 Å². The molecule has 2 aliphatic rings. The minimum Gasteiger partial charge on any atom is -0.492 e. The second kappa shape index (κ2) is 8.24. The summed E-state index contributed by atoms with van der Waals surface area (Å²) >= 11 is 0. The standard InChI is InChI=1S/C19H22N4O4/c24-19(21-7-5-13-2-1-6-20-10-13)16-8-14(22-23-16)11-25-15-3-4-17-18(9-15)27-12-26-17/h1-4,6,9-10,14,16,22-23H,5,7-8,11-12H2,(H,21,24). The van der Waals surface area contributed by atoms with Gasteiger partial charge in [0.1, 0.15) is 18.4 Å². The number of rotatable bonds is 7. The summed E-state index contributed by atoms with van der Waals surface area (Å²) in [5, 5.41) is 2.96. The number of carbonyl (C=O) groups is 1. The molecule has 2 aliphatic heterocycles. The Morgan fingerprint density at radius 3 is 3.07 bits per heavy atom. The van der Waals surface area contributed by atoms with Crippen molar-refractivity contribution in [3.63, 3.8) is 0 Å². The lowest BCUT2D eigenvalue weighted by Crippen LogP contribution is -2.44. The number of hydrogen-bond acceptors (Lipinski definition) is 7. The molecule has 0 saturated carbocycles. The molecule has 8 heteroatoms. The van der Waals surface area contributed by atoms with E-state index in [-0.39, 0.29) is 24.8 Å². The fourth-order valence-electron chi connectivity index (χ4n) is 3.07. The zero-order valence-electron chi connectivity index (χ0n) is 14.8. The van der Waals surface area contributed by atoms with Crippen LogP contribution in [0.15, 0.2) is 42.7 Å². The average molecular weight is 370 g/mol. The van der Waals surface area contributed by atoms with Gasteiger partial charge in [0.2, 0.25) is 12.7 Å². The number of nitrogens with zero attached hydrogens (tertiary/aromatic N) is 1. The van der Waals surface area contributed by atoms with Crippen molar-refractivity contribution in [1.29, 1.82) is 0 Å². The van der Waals surface area contributed by atoms with Gasteiger partial charge in [-0.2, -0.15) is 0 Å². The zero-order valence-corrected chi connectivity index (χ0v) is 14.8. The summed E-state index contributed by atoms with van der Waals surface area (Å²) in [6, 6.07) is 9.15. The van der Waals surface area contributed by atoms with E-state index in [1.165, 1.54) is 0 Å². The first-order valence-corrected chi connectivity index (χ1v) is 8.98. The Bertz CT molecular complexity index is 787. The Labute approximate surface area is 157 Å². The molecule has 142 valence electrons. The van der Waals surface area contributed by atoms with Gasteiger partial charge in [0, 0.05) is 25.0 Å². The summed E-state index contributed by atoms with van der Waals surface area (Å²) in [4.78, 5) is 16.4. The molecule has 0 radical (unpaired) electrons. The number of ether oxygens (including phenoxy) is 3.